The summed E-state index contributed by atoms with van der Waals surface area (Å²) in [5, 5.41) is 9.72. The van der Waals surface area contributed by atoms with Crippen LogP contribution in [0.25, 0.3) is 22.4 Å². The predicted octanol–water partition coefficient (Wildman–Crippen LogP) is 3.54. The number of nitrogens with zero attached hydrogens (tertiary/aromatic N) is 2. The van der Waals surface area contributed by atoms with Crippen molar-refractivity contribution in [3.8, 4) is 22.9 Å². The summed E-state index contributed by atoms with van der Waals surface area (Å²) in [5.41, 5.74) is 4.10. The van der Waals surface area contributed by atoms with Gasteiger partial charge in [-0.05, 0) is 49.2 Å². The van der Waals surface area contributed by atoms with E-state index in [2.05, 4.69) is 33.1 Å². The Morgan fingerprint density at radius 3 is 2.74 bits per heavy atom. The van der Waals surface area contributed by atoms with Crippen molar-refractivity contribution >= 4 is 16.7 Å². The van der Waals surface area contributed by atoms with Crippen molar-refractivity contribution in [2.24, 2.45) is 0 Å². The van der Waals surface area contributed by atoms with Crippen molar-refractivity contribution in [3.63, 3.8) is 0 Å². The smallest absolute Gasteiger partial charge is 0.161 e. The zero-order chi connectivity index (χ0) is 15.8. The Labute approximate surface area is 134 Å². The molecule has 2 N–H and O–H groups in total. The Hall–Kier alpha value is -2.69. The molecule has 1 fully saturated rings. The molecule has 1 saturated heterocycles. The molecule has 0 atom stereocenters. The van der Waals surface area contributed by atoms with Crippen molar-refractivity contribution in [2.45, 2.75) is 12.8 Å². The van der Waals surface area contributed by atoms with Crippen LogP contribution < -0.4 is 9.64 Å². The van der Waals surface area contributed by atoms with Crippen molar-refractivity contribution in [2.75, 3.05) is 25.1 Å². The van der Waals surface area contributed by atoms with Crippen LogP contribution in [0.5, 0.6) is 11.5 Å². The molecule has 2 aromatic carbocycles. The second-order valence-corrected chi connectivity index (χ2v) is 5.87. The maximum absolute atomic E-state index is 9.72. The number of phenolic OH excluding ortho intramolecular Hbond substituents is 1. The molecule has 0 bridgehead atoms. The molecule has 0 spiro atoms. The number of fused-ring (bicyclic) bond motifs is 1. The minimum atomic E-state index is 0.128. The quantitative estimate of drug-likeness (QED) is 0.777. The summed E-state index contributed by atoms with van der Waals surface area (Å²) >= 11 is 0. The SMILES string of the molecule is COc1cc(-c2nc3ccc(N4CCCC4)cc3[nH]2)ccc1O. The van der Waals surface area contributed by atoms with E-state index in [9.17, 15) is 5.11 Å². The van der Waals surface area contributed by atoms with E-state index in [1.165, 1.54) is 18.5 Å². The summed E-state index contributed by atoms with van der Waals surface area (Å²) in [5.74, 6) is 1.35. The zero-order valence-electron chi connectivity index (χ0n) is 13.0. The number of aromatic nitrogens is 2. The first-order valence-corrected chi connectivity index (χ1v) is 7.87. The second-order valence-electron chi connectivity index (χ2n) is 5.87. The molecular formula is C18H19N3O2. The number of anilines is 1. The van der Waals surface area contributed by atoms with E-state index >= 15 is 0 Å². The average Bonchev–Trinajstić information content (AvgIpc) is 3.24. The van der Waals surface area contributed by atoms with Gasteiger partial charge in [0.05, 0.1) is 18.1 Å². The molecule has 3 aromatic rings. The van der Waals surface area contributed by atoms with Gasteiger partial charge in [0.15, 0.2) is 11.5 Å². The predicted molar refractivity (Wildman–Crippen MR) is 91.2 cm³/mol. The van der Waals surface area contributed by atoms with Crippen LogP contribution in [0.15, 0.2) is 36.4 Å². The Bertz CT molecular complexity index is 851. The van der Waals surface area contributed by atoms with Gasteiger partial charge in [-0.1, -0.05) is 0 Å². The van der Waals surface area contributed by atoms with Gasteiger partial charge >= 0.3 is 0 Å². The van der Waals surface area contributed by atoms with Crippen molar-refractivity contribution in [1.82, 2.24) is 9.97 Å². The molecule has 0 radical (unpaired) electrons. The van der Waals surface area contributed by atoms with Gasteiger partial charge in [-0.3, -0.25) is 0 Å². The molecule has 1 aliphatic heterocycles. The minimum Gasteiger partial charge on any atom is -0.504 e. The number of H-pyrrole nitrogens is 1. The monoisotopic (exact) mass is 309 g/mol. The van der Waals surface area contributed by atoms with Crippen LogP contribution in [0, 0.1) is 0 Å². The molecule has 2 heterocycles. The molecule has 1 aromatic heterocycles. The van der Waals surface area contributed by atoms with Crippen LogP contribution in [0.2, 0.25) is 0 Å². The fourth-order valence-corrected chi connectivity index (χ4v) is 3.13. The molecule has 5 nitrogen and oxygen atoms in total. The van der Waals surface area contributed by atoms with Gasteiger partial charge in [-0.25, -0.2) is 4.98 Å². The number of aromatic amines is 1. The van der Waals surface area contributed by atoms with Gasteiger partial charge in [-0.15, -0.1) is 0 Å². The maximum Gasteiger partial charge on any atom is 0.161 e. The van der Waals surface area contributed by atoms with E-state index in [1.54, 1.807) is 19.2 Å². The molecule has 0 amide bonds. The first-order chi connectivity index (χ1) is 11.2. The van der Waals surface area contributed by atoms with Gasteiger partial charge in [0, 0.05) is 24.3 Å². The van der Waals surface area contributed by atoms with Crippen LogP contribution >= 0.6 is 0 Å². The molecule has 5 heteroatoms. The second kappa shape index (κ2) is 5.50. The van der Waals surface area contributed by atoms with Crippen molar-refractivity contribution < 1.29 is 9.84 Å². The van der Waals surface area contributed by atoms with Crippen LogP contribution in [0.4, 0.5) is 5.69 Å². The fourth-order valence-electron chi connectivity index (χ4n) is 3.13. The van der Waals surface area contributed by atoms with E-state index < -0.39 is 0 Å². The third kappa shape index (κ3) is 2.48. The molecule has 23 heavy (non-hydrogen) atoms. The van der Waals surface area contributed by atoms with E-state index in [0.29, 0.717) is 5.75 Å². The summed E-state index contributed by atoms with van der Waals surface area (Å²) in [6.07, 6.45) is 2.53. The van der Waals surface area contributed by atoms with Crippen LogP contribution in [-0.2, 0) is 0 Å². The van der Waals surface area contributed by atoms with E-state index in [4.69, 9.17) is 4.74 Å². The summed E-state index contributed by atoms with van der Waals surface area (Å²) in [4.78, 5) is 10.4. The van der Waals surface area contributed by atoms with Gasteiger partial charge in [0.1, 0.15) is 5.82 Å². The number of phenols is 1. The summed E-state index contributed by atoms with van der Waals surface area (Å²) < 4.78 is 5.17. The molecule has 4 rings (SSSR count). The lowest BCUT2D eigenvalue weighted by atomic mass is 10.2. The zero-order valence-corrected chi connectivity index (χ0v) is 13.0. The molecular weight excluding hydrogens is 290 g/mol. The van der Waals surface area contributed by atoms with Crippen LogP contribution in [0.3, 0.4) is 0 Å². The van der Waals surface area contributed by atoms with Gasteiger partial charge in [0.25, 0.3) is 0 Å². The number of aromatic hydroxyl groups is 1. The van der Waals surface area contributed by atoms with E-state index in [-0.39, 0.29) is 5.75 Å². The first-order valence-electron chi connectivity index (χ1n) is 7.87. The summed E-state index contributed by atoms with van der Waals surface area (Å²) in [7, 11) is 1.54. The van der Waals surface area contributed by atoms with E-state index in [1.807, 2.05) is 6.07 Å². The van der Waals surface area contributed by atoms with Crippen LogP contribution in [-0.4, -0.2) is 35.3 Å². The number of benzene rings is 2. The highest BCUT2D eigenvalue weighted by atomic mass is 16.5. The third-order valence-corrected chi connectivity index (χ3v) is 4.39. The molecule has 118 valence electrons. The Kier molecular flexibility index (Phi) is 3.33. The molecule has 1 aliphatic rings. The Balaban J connectivity index is 1.73. The molecule has 0 aliphatic carbocycles. The topological polar surface area (TPSA) is 61.4 Å². The highest BCUT2D eigenvalue weighted by Gasteiger charge is 2.14. The van der Waals surface area contributed by atoms with Crippen molar-refractivity contribution in [1.29, 1.82) is 0 Å². The number of imidazole rings is 1. The number of hydrogen-bond acceptors (Lipinski definition) is 4. The summed E-state index contributed by atoms with van der Waals surface area (Å²) in [6, 6.07) is 11.6. The first kappa shape index (κ1) is 13.9. The standard InChI is InChI=1S/C18H19N3O2/c1-23-17-10-12(4-7-16(17)22)18-19-14-6-5-13(11-15(14)20-18)21-8-2-3-9-21/h4-7,10-11,22H,2-3,8-9H2,1H3,(H,19,20). The minimum absolute atomic E-state index is 0.128. The van der Waals surface area contributed by atoms with E-state index in [0.717, 1.165) is 35.5 Å². The Morgan fingerprint density at radius 2 is 1.96 bits per heavy atom. The average molecular weight is 309 g/mol. The summed E-state index contributed by atoms with van der Waals surface area (Å²) in [6.45, 7) is 2.25. The van der Waals surface area contributed by atoms with Crippen LogP contribution in [0.1, 0.15) is 12.8 Å². The molecule has 0 saturated carbocycles. The fraction of sp³-hybridized carbons (Fsp3) is 0.278. The molecule has 0 unspecified atom stereocenters. The largest absolute Gasteiger partial charge is 0.504 e. The number of hydrogen-bond donors (Lipinski definition) is 2. The normalized spacial score (nSPS) is 14.6. The Morgan fingerprint density at radius 1 is 1.13 bits per heavy atom. The number of nitrogens with one attached hydrogen (secondary N) is 1. The number of rotatable bonds is 3. The highest BCUT2D eigenvalue weighted by molar-refractivity contribution is 5.83. The maximum atomic E-state index is 9.72. The lowest BCUT2D eigenvalue weighted by molar-refractivity contribution is 0.373. The lowest BCUT2D eigenvalue weighted by Gasteiger charge is -2.17. The third-order valence-electron chi connectivity index (χ3n) is 4.39. The number of methoxy groups -OCH3 is 1. The van der Waals surface area contributed by atoms with Gasteiger partial charge in [-0.2, -0.15) is 0 Å². The highest BCUT2D eigenvalue weighted by Crippen LogP contribution is 2.32. The van der Waals surface area contributed by atoms with Crippen molar-refractivity contribution in [3.05, 3.63) is 36.4 Å². The van der Waals surface area contributed by atoms with Gasteiger partial charge < -0.3 is 19.7 Å². The number of ether oxygens (including phenoxy) is 1. The lowest BCUT2D eigenvalue weighted by Crippen LogP contribution is -2.17. The van der Waals surface area contributed by atoms with Gasteiger partial charge in [0.2, 0.25) is 0 Å².